The molecule has 25 heavy (non-hydrogen) atoms. The van der Waals surface area contributed by atoms with E-state index in [9.17, 15) is 18.0 Å². The molecule has 1 amide bonds. The first-order chi connectivity index (χ1) is 11.8. The highest BCUT2D eigenvalue weighted by Crippen LogP contribution is 2.34. The molecule has 1 aliphatic heterocycles. The summed E-state index contributed by atoms with van der Waals surface area (Å²) in [4.78, 5) is 20.8. The topological polar surface area (TPSA) is 78.4 Å². The number of hydrogen-bond acceptors (Lipinski definition) is 4. The van der Waals surface area contributed by atoms with Gasteiger partial charge in [0.2, 0.25) is 0 Å². The summed E-state index contributed by atoms with van der Waals surface area (Å²) in [5, 5.41) is 11.4. The molecule has 6 nitrogen and oxygen atoms in total. The van der Waals surface area contributed by atoms with Crippen LogP contribution >= 0.6 is 0 Å². The highest BCUT2D eigenvalue weighted by atomic mass is 19.4. The van der Waals surface area contributed by atoms with Gasteiger partial charge in [0.15, 0.2) is 0 Å². The van der Waals surface area contributed by atoms with E-state index in [0.29, 0.717) is 36.4 Å². The van der Waals surface area contributed by atoms with E-state index in [-0.39, 0.29) is 5.92 Å². The number of nitrogens with one attached hydrogen (secondary N) is 1. The number of rotatable bonds is 3. The van der Waals surface area contributed by atoms with Gasteiger partial charge in [-0.25, -0.2) is 14.8 Å². The number of alkyl halides is 3. The van der Waals surface area contributed by atoms with Crippen molar-refractivity contribution < 1.29 is 23.1 Å². The van der Waals surface area contributed by atoms with Crippen LogP contribution in [0.3, 0.4) is 0 Å². The van der Waals surface area contributed by atoms with Crippen LogP contribution in [0.15, 0.2) is 24.5 Å². The van der Waals surface area contributed by atoms with Crippen LogP contribution in [0.1, 0.15) is 18.4 Å². The molecule has 1 atom stereocenters. The van der Waals surface area contributed by atoms with Crippen molar-refractivity contribution in [2.24, 2.45) is 5.92 Å². The molecule has 0 radical (unpaired) electrons. The van der Waals surface area contributed by atoms with Crippen molar-refractivity contribution in [3.05, 3.63) is 30.1 Å². The fourth-order valence-electron chi connectivity index (χ4n) is 3.13. The molecule has 0 saturated carbocycles. The second-order valence-corrected chi connectivity index (χ2v) is 6.07. The molecule has 0 aliphatic carbocycles. The van der Waals surface area contributed by atoms with Crippen molar-refractivity contribution in [3.63, 3.8) is 0 Å². The summed E-state index contributed by atoms with van der Waals surface area (Å²) in [6.07, 6.45) is -2.51. The predicted molar refractivity (Wildman–Crippen MR) is 85.5 cm³/mol. The molecule has 1 fully saturated rings. The minimum absolute atomic E-state index is 0.0839. The first-order valence-corrected chi connectivity index (χ1v) is 7.88. The SMILES string of the molecule is O=C(O)NCC1CCCN(c2ncnc3ccc(C(F)(F)F)cc23)C1. The Morgan fingerprint density at radius 1 is 1.36 bits per heavy atom. The van der Waals surface area contributed by atoms with Gasteiger partial charge in [-0.15, -0.1) is 0 Å². The highest BCUT2D eigenvalue weighted by Gasteiger charge is 2.31. The second kappa shape index (κ2) is 6.73. The summed E-state index contributed by atoms with van der Waals surface area (Å²) in [7, 11) is 0. The minimum Gasteiger partial charge on any atom is -0.465 e. The third-order valence-corrected chi connectivity index (χ3v) is 4.30. The normalized spacial score (nSPS) is 18.4. The number of carbonyl (C=O) groups is 1. The van der Waals surface area contributed by atoms with Crippen molar-refractivity contribution in [1.29, 1.82) is 0 Å². The standard InChI is InChI=1S/C16H17F3N4O2/c17-16(18,19)11-3-4-13-12(6-11)14(22-9-21-13)23-5-1-2-10(8-23)7-20-15(24)25/h3-4,6,9-10,20H,1-2,5,7-8H2,(H,24,25). The van der Waals surface area contributed by atoms with Gasteiger partial charge in [-0.2, -0.15) is 13.2 Å². The molecule has 134 valence electrons. The Balaban J connectivity index is 1.90. The molecule has 9 heteroatoms. The van der Waals surface area contributed by atoms with Gasteiger partial charge in [0.25, 0.3) is 0 Å². The van der Waals surface area contributed by atoms with Crippen LogP contribution < -0.4 is 10.2 Å². The van der Waals surface area contributed by atoms with Crippen LogP contribution in [-0.2, 0) is 6.18 Å². The molecule has 2 aromatic rings. The van der Waals surface area contributed by atoms with Gasteiger partial charge in [0.1, 0.15) is 12.1 Å². The maximum absolute atomic E-state index is 13.0. The smallest absolute Gasteiger partial charge is 0.416 e. The van der Waals surface area contributed by atoms with E-state index in [1.807, 2.05) is 4.90 Å². The second-order valence-electron chi connectivity index (χ2n) is 6.07. The zero-order chi connectivity index (χ0) is 18.0. The van der Waals surface area contributed by atoms with Gasteiger partial charge in [0.05, 0.1) is 11.1 Å². The third kappa shape index (κ3) is 3.92. The molecular formula is C16H17F3N4O2. The number of aromatic nitrogens is 2. The zero-order valence-electron chi connectivity index (χ0n) is 13.3. The molecule has 0 bridgehead atoms. The average Bonchev–Trinajstić information content (AvgIpc) is 2.58. The molecule has 1 aromatic carbocycles. The molecule has 2 heterocycles. The van der Waals surface area contributed by atoms with Crippen LogP contribution in [0, 0.1) is 5.92 Å². The van der Waals surface area contributed by atoms with Crippen molar-refractivity contribution in [2.45, 2.75) is 19.0 Å². The van der Waals surface area contributed by atoms with E-state index in [2.05, 4.69) is 15.3 Å². The van der Waals surface area contributed by atoms with E-state index in [4.69, 9.17) is 5.11 Å². The Kier molecular flexibility index (Phi) is 4.65. The van der Waals surface area contributed by atoms with E-state index in [1.54, 1.807) is 0 Å². The van der Waals surface area contributed by atoms with Crippen LogP contribution in [0.25, 0.3) is 10.9 Å². The first-order valence-electron chi connectivity index (χ1n) is 7.88. The van der Waals surface area contributed by atoms with Crippen LogP contribution in [-0.4, -0.2) is 40.8 Å². The predicted octanol–water partition coefficient (Wildman–Crippen LogP) is 3.13. The quantitative estimate of drug-likeness (QED) is 0.885. The van der Waals surface area contributed by atoms with Crippen molar-refractivity contribution in [1.82, 2.24) is 15.3 Å². The lowest BCUT2D eigenvalue weighted by atomic mass is 9.97. The zero-order valence-corrected chi connectivity index (χ0v) is 13.3. The Morgan fingerprint density at radius 2 is 2.16 bits per heavy atom. The number of fused-ring (bicyclic) bond motifs is 1. The highest BCUT2D eigenvalue weighted by molar-refractivity contribution is 5.90. The summed E-state index contributed by atoms with van der Waals surface area (Å²) < 4.78 is 39.0. The van der Waals surface area contributed by atoms with Gasteiger partial charge < -0.3 is 15.3 Å². The maximum Gasteiger partial charge on any atom is 0.416 e. The Morgan fingerprint density at radius 3 is 2.88 bits per heavy atom. The van der Waals surface area contributed by atoms with E-state index in [1.165, 1.54) is 12.4 Å². The van der Waals surface area contributed by atoms with Gasteiger partial charge in [-0.05, 0) is 37.0 Å². The number of amides is 1. The molecule has 2 N–H and O–H groups in total. The fourth-order valence-corrected chi connectivity index (χ4v) is 3.13. The lowest BCUT2D eigenvalue weighted by Gasteiger charge is -2.34. The summed E-state index contributed by atoms with van der Waals surface area (Å²) >= 11 is 0. The van der Waals surface area contributed by atoms with Crippen LogP contribution in [0.5, 0.6) is 0 Å². The minimum atomic E-state index is -4.43. The first kappa shape index (κ1) is 17.2. The molecule has 0 spiro atoms. The summed E-state index contributed by atoms with van der Waals surface area (Å²) in [5.74, 6) is 0.539. The van der Waals surface area contributed by atoms with Crippen molar-refractivity contribution >= 4 is 22.8 Å². The average molecular weight is 354 g/mol. The monoisotopic (exact) mass is 354 g/mol. The van der Waals surface area contributed by atoms with E-state index in [0.717, 1.165) is 25.0 Å². The maximum atomic E-state index is 13.0. The Hall–Kier alpha value is -2.58. The van der Waals surface area contributed by atoms with Crippen molar-refractivity contribution in [2.75, 3.05) is 24.5 Å². The van der Waals surface area contributed by atoms with E-state index >= 15 is 0 Å². The molecule has 1 saturated heterocycles. The lowest BCUT2D eigenvalue weighted by molar-refractivity contribution is -0.137. The molecule has 1 aliphatic rings. The van der Waals surface area contributed by atoms with Gasteiger partial charge >= 0.3 is 12.3 Å². The van der Waals surface area contributed by atoms with Crippen molar-refractivity contribution in [3.8, 4) is 0 Å². The number of carboxylic acid groups (broad SMARTS) is 1. The lowest BCUT2D eigenvalue weighted by Crippen LogP contribution is -2.41. The molecule has 3 rings (SSSR count). The summed E-state index contributed by atoms with van der Waals surface area (Å²) in [6.45, 7) is 1.50. The number of nitrogens with zero attached hydrogens (tertiary/aromatic N) is 3. The molecule has 1 aromatic heterocycles. The summed E-state index contributed by atoms with van der Waals surface area (Å²) in [6, 6.07) is 3.43. The van der Waals surface area contributed by atoms with Crippen LogP contribution in [0.4, 0.5) is 23.8 Å². The van der Waals surface area contributed by atoms with Crippen LogP contribution in [0.2, 0.25) is 0 Å². The fraction of sp³-hybridized carbons (Fsp3) is 0.438. The van der Waals surface area contributed by atoms with Gasteiger partial charge in [0, 0.05) is 25.0 Å². The van der Waals surface area contributed by atoms with Gasteiger partial charge in [-0.1, -0.05) is 0 Å². The third-order valence-electron chi connectivity index (χ3n) is 4.30. The van der Waals surface area contributed by atoms with E-state index < -0.39 is 17.8 Å². The summed E-state index contributed by atoms with van der Waals surface area (Å²) in [5.41, 5.74) is -0.291. The largest absolute Gasteiger partial charge is 0.465 e. The molecule has 1 unspecified atom stereocenters. The number of halogens is 3. The molecular weight excluding hydrogens is 337 g/mol. The number of piperidine rings is 1. The number of benzene rings is 1. The van der Waals surface area contributed by atoms with Gasteiger partial charge in [-0.3, -0.25) is 0 Å². The number of hydrogen-bond donors (Lipinski definition) is 2. The Labute approximate surface area is 141 Å². The number of anilines is 1. The Bertz CT molecular complexity index is 782.